The molecule has 3 nitrogen and oxygen atoms in total. The molecule has 0 unspecified atom stereocenters. The van der Waals surface area contributed by atoms with Gasteiger partial charge in [0, 0.05) is 5.69 Å². The van der Waals surface area contributed by atoms with Gasteiger partial charge in [-0.05, 0) is 36.4 Å². The number of nitrogens with zero attached hydrogens (tertiary/aromatic N) is 1. The van der Waals surface area contributed by atoms with Crippen LogP contribution in [0.1, 0.15) is 0 Å². The molecule has 3 aromatic carbocycles. The summed E-state index contributed by atoms with van der Waals surface area (Å²) in [5.74, 6) is 0. The summed E-state index contributed by atoms with van der Waals surface area (Å²) in [6.45, 7) is 0. The van der Waals surface area contributed by atoms with Crippen LogP contribution in [0.4, 0.5) is 22.7 Å². The SMILES string of the molecule is O=PN(c1ccccc1)c1ccccc1Nc1ccccc1. The van der Waals surface area contributed by atoms with Crippen LogP contribution in [-0.2, 0) is 4.57 Å². The van der Waals surface area contributed by atoms with Crippen molar-refractivity contribution in [3.05, 3.63) is 84.9 Å². The Labute approximate surface area is 131 Å². The zero-order valence-electron chi connectivity index (χ0n) is 11.9. The second-order valence-corrected chi connectivity index (χ2v) is 5.30. The van der Waals surface area contributed by atoms with Crippen molar-refractivity contribution in [2.24, 2.45) is 0 Å². The zero-order valence-corrected chi connectivity index (χ0v) is 12.8. The Morgan fingerprint density at radius 3 is 2.00 bits per heavy atom. The number of anilines is 4. The van der Waals surface area contributed by atoms with Crippen LogP contribution >= 0.6 is 8.61 Å². The van der Waals surface area contributed by atoms with E-state index in [9.17, 15) is 4.57 Å². The third-order valence-electron chi connectivity index (χ3n) is 3.27. The van der Waals surface area contributed by atoms with Crippen molar-refractivity contribution in [3.63, 3.8) is 0 Å². The number of para-hydroxylation sites is 4. The number of hydrogen-bond donors (Lipinski definition) is 1. The fourth-order valence-corrected chi connectivity index (χ4v) is 2.73. The van der Waals surface area contributed by atoms with Crippen LogP contribution in [0.5, 0.6) is 0 Å². The Kier molecular flexibility index (Phi) is 4.47. The molecule has 0 bridgehead atoms. The highest BCUT2D eigenvalue weighted by Gasteiger charge is 2.13. The molecule has 0 aliphatic carbocycles. The molecule has 0 aliphatic rings. The Hall–Kier alpha value is -2.64. The van der Waals surface area contributed by atoms with Crippen LogP contribution in [0.15, 0.2) is 84.9 Å². The molecule has 3 aromatic rings. The molecule has 22 heavy (non-hydrogen) atoms. The van der Waals surface area contributed by atoms with E-state index in [1.54, 1.807) is 4.67 Å². The summed E-state index contributed by atoms with van der Waals surface area (Å²) < 4.78 is 13.4. The first-order valence-corrected chi connectivity index (χ1v) is 7.74. The largest absolute Gasteiger partial charge is 0.354 e. The fraction of sp³-hybridized carbons (Fsp3) is 0. The lowest BCUT2D eigenvalue weighted by molar-refractivity contribution is 0.598. The first-order valence-electron chi connectivity index (χ1n) is 6.98. The normalized spacial score (nSPS) is 10.4. The van der Waals surface area contributed by atoms with E-state index in [0.717, 1.165) is 22.7 Å². The van der Waals surface area contributed by atoms with E-state index in [-0.39, 0.29) is 8.61 Å². The van der Waals surface area contributed by atoms with Gasteiger partial charge in [-0.15, -0.1) is 0 Å². The molecule has 0 spiro atoms. The molecule has 3 rings (SSSR count). The average molecular weight is 306 g/mol. The van der Waals surface area contributed by atoms with Crippen LogP contribution in [0.25, 0.3) is 0 Å². The van der Waals surface area contributed by atoms with Gasteiger partial charge in [0.05, 0.1) is 17.1 Å². The highest BCUT2D eigenvalue weighted by Crippen LogP contribution is 2.37. The van der Waals surface area contributed by atoms with E-state index < -0.39 is 0 Å². The van der Waals surface area contributed by atoms with E-state index in [1.165, 1.54) is 0 Å². The van der Waals surface area contributed by atoms with Crippen LogP contribution in [-0.4, -0.2) is 0 Å². The smallest absolute Gasteiger partial charge is 0.287 e. The molecular weight excluding hydrogens is 291 g/mol. The third-order valence-corrected chi connectivity index (χ3v) is 3.88. The van der Waals surface area contributed by atoms with E-state index >= 15 is 0 Å². The molecule has 0 atom stereocenters. The molecule has 0 aliphatic heterocycles. The van der Waals surface area contributed by atoms with Gasteiger partial charge in [0.25, 0.3) is 8.61 Å². The highest BCUT2D eigenvalue weighted by atomic mass is 31.1. The molecule has 0 fully saturated rings. The van der Waals surface area contributed by atoms with Gasteiger partial charge in [-0.1, -0.05) is 48.5 Å². The minimum atomic E-state index is -0.0758. The second kappa shape index (κ2) is 6.88. The fourth-order valence-electron chi connectivity index (χ4n) is 2.24. The lowest BCUT2D eigenvalue weighted by Crippen LogP contribution is -2.05. The Bertz CT molecular complexity index is 747. The van der Waals surface area contributed by atoms with Crippen LogP contribution < -0.4 is 9.99 Å². The highest BCUT2D eigenvalue weighted by molar-refractivity contribution is 7.26. The lowest BCUT2D eigenvalue weighted by atomic mass is 10.2. The third kappa shape index (κ3) is 3.16. The minimum Gasteiger partial charge on any atom is -0.354 e. The first-order chi connectivity index (χ1) is 10.9. The lowest BCUT2D eigenvalue weighted by Gasteiger charge is -2.20. The molecule has 4 heteroatoms. The summed E-state index contributed by atoms with van der Waals surface area (Å²) in [5, 5.41) is 3.37. The van der Waals surface area contributed by atoms with Crippen molar-refractivity contribution < 1.29 is 4.57 Å². The number of nitrogens with one attached hydrogen (secondary N) is 1. The van der Waals surface area contributed by atoms with Gasteiger partial charge >= 0.3 is 0 Å². The molecule has 0 radical (unpaired) electrons. The Balaban J connectivity index is 1.98. The zero-order chi connectivity index (χ0) is 15.2. The van der Waals surface area contributed by atoms with Gasteiger partial charge in [-0.3, -0.25) is 4.67 Å². The number of hydrogen-bond acceptors (Lipinski definition) is 2. The molecule has 1 N–H and O–H groups in total. The van der Waals surface area contributed by atoms with E-state index in [0.29, 0.717) is 0 Å². The topological polar surface area (TPSA) is 32.3 Å². The minimum absolute atomic E-state index is 0.0758. The molecule has 0 saturated heterocycles. The van der Waals surface area contributed by atoms with Crippen LogP contribution in [0.3, 0.4) is 0 Å². The van der Waals surface area contributed by atoms with Crippen molar-refractivity contribution >= 4 is 31.4 Å². The van der Waals surface area contributed by atoms with Crippen molar-refractivity contribution in [2.75, 3.05) is 9.99 Å². The monoisotopic (exact) mass is 306 g/mol. The van der Waals surface area contributed by atoms with Gasteiger partial charge in [-0.25, -0.2) is 4.57 Å². The van der Waals surface area contributed by atoms with Gasteiger partial charge in [-0.2, -0.15) is 0 Å². The molecule has 0 heterocycles. The molecule has 0 aromatic heterocycles. The Morgan fingerprint density at radius 1 is 0.727 bits per heavy atom. The second-order valence-electron chi connectivity index (χ2n) is 4.74. The maximum Gasteiger partial charge on any atom is 0.287 e. The molecule has 0 saturated carbocycles. The maximum atomic E-state index is 11.7. The van der Waals surface area contributed by atoms with Gasteiger partial charge in [0.15, 0.2) is 0 Å². The quantitative estimate of drug-likeness (QED) is 0.607. The summed E-state index contributed by atoms with van der Waals surface area (Å²) in [5.41, 5.74) is 3.63. The number of benzene rings is 3. The Morgan fingerprint density at radius 2 is 1.32 bits per heavy atom. The summed E-state index contributed by atoms with van der Waals surface area (Å²) in [6, 6.07) is 27.4. The molecule has 0 amide bonds. The first kappa shape index (κ1) is 14.3. The standard InChI is InChI=1S/C18H15N2OP/c21-22-20(16-11-5-2-6-12-16)18-14-8-7-13-17(18)19-15-9-3-1-4-10-15/h1-14,19H. The number of rotatable bonds is 5. The summed E-state index contributed by atoms with van der Waals surface area (Å²) in [6.07, 6.45) is 0. The molecule has 108 valence electrons. The van der Waals surface area contributed by atoms with Crippen molar-refractivity contribution in [3.8, 4) is 0 Å². The van der Waals surface area contributed by atoms with E-state index in [4.69, 9.17) is 0 Å². The predicted molar refractivity (Wildman–Crippen MR) is 92.4 cm³/mol. The predicted octanol–water partition coefficient (Wildman–Crippen LogP) is 5.78. The van der Waals surface area contributed by atoms with Crippen molar-refractivity contribution in [1.29, 1.82) is 0 Å². The summed E-state index contributed by atoms with van der Waals surface area (Å²) in [7, 11) is -0.0758. The van der Waals surface area contributed by atoms with Crippen molar-refractivity contribution in [1.82, 2.24) is 0 Å². The van der Waals surface area contributed by atoms with Gasteiger partial charge in [0.1, 0.15) is 0 Å². The van der Waals surface area contributed by atoms with Crippen molar-refractivity contribution in [2.45, 2.75) is 0 Å². The summed E-state index contributed by atoms with van der Waals surface area (Å²) >= 11 is 0. The van der Waals surface area contributed by atoms with Gasteiger partial charge in [0.2, 0.25) is 0 Å². The summed E-state index contributed by atoms with van der Waals surface area (Å²) in [4.78, 5) is 0. The molecular formula is C18H15N2OP. The van der Waals surface area contributed by atoms with Gasteiger partial charge < -0.3 is 5.32 Å². The van der Waals surface area contributed by atoms with E-state index in [1.807, 2.05) is 84.9 Å². The maximum absolute atomic E-state index is 11.7. The van der Waals surface area contributed by atoms with Crippen LogP contribution in [0.2, 0.25) is 0 Å². The van der Waals surface area contributed by atoms with E-state index in [2.05, 4.69) is 5.32 Å². The van der Waals surface area contributed by atoms with Crippen LogP contribution in [0, 0.1) is 0 Å². The average Bonchev–Trinajstić information content (AvgIpc) is 2.59.